The number of piperidine rings is 2. The van der Waals surface area contributed by atoms with Gasteiger partial charge in [-0.3, -0.25) is 4.79 Å². The number of benzene rings is 2. The first kappa shape index (κ1) is 36.1. The molecule has 2 saturated heterocycles. The number of para-hydroxylation sites is 1. The number of alkyl halides is 6. The van der Waals surface area contributed by atoms with Gasteiger partial charge in [-0.2, -0.15) is 26.3 Å². The summed E-state index contributed by atoms with van der Waals surface area (Å²) in [5.41, 5.74) is 1.87. The Morgan fingerprint density at radius 3 is 2.06 bits per heavy atom. The summed E-state index contributed by atoms with van der Waals surface area (Å²) in [4.78, 5) is 47.1. The minimum Gasteiger partial charge on any atom is -0.398 e. The van der Waals surface area contributed by atoms with Crippen molar-refractivity contribution in [2.24, 2.45) is 0 Å². The average Bonchev–Trinajstić information content (AvgIpc) is 3.21. The first-order valence-electron chi connectivity index (χ1n) is 16.3. The maximum Gasteiger partial charge on any atom is 0.418 e. The normalized spacial score (nSPS) is 19.0. The van der Waals surface area contributed by atoms with Gasteiger partial charge in [0, 0.05) is 56.9 Å². The number of nitrogen functional groups attached to an aromatic ring is 1. The van der Waals surface area contributed by atoms with Crippen LogP contribution >= 0.6 is 0 Å². The van der Waals surface area contributed by atoms with E-state index in [0.29, 0.717) is 63.9 Å². The number of urea groups is 2. The molecule has 1 atom stereocenters. The van der Waals surface area contributed by atoms with Crippen molar-refractivity contribution in [2.45, 2.75) is 69.0 Å². The van der Waals surface area contributed by atoms with Crippen LogP contribution in [0.25, 0.3) is 0 Å². The van der Waals surface area contributed by atoms with Crippen LogP contribution in [-0.2, 0) is 30.0 Å². The van der Waals surface area contributed by atoms with Crippen molar-refractivity contribution in [1.82, 2.24) is 24.9 Å². The van der Waals surface area contributed by atoms with Gasteiger partial charge in [-0.25, -0.2) is 9.59 Å². The lowest BCUT2D eigenvalue weighted by Gasteiger charge is -2.39. The summed E-state index contributed by atoms with van der Waals surface area (Å²) in [5.74, 6) is -0.597. The van der Waals surface area contributed by atoms with Crippen LogP contribution in [0.5, 0.6) is 0 Å². The Balaban J connectivity index is 1.32. The van der Waals surface area contributed by atoms with Crippen LogP contribution in [0.4, 0.5) is 47.3 Å². The van der Waals surface area contributed by atoms with E-state index in [2.05, 4.69) is 10.6 Å². The number of rotatable bonds is 6. The predicted molar refractivity (Wildman–Crippen MR) is 171 cm³/mol. The number of carbonyl (C=O) groups is 3. The van der Waals surface area contributed by atoms with Gasteiger partial charge in [0.2, 0.25) is 5.91 Å². The number of anilines is 2. The second kappa shape index (κ2) is 14.3. The largest absolute Gasteiger partial charge is 0.418 e. The minimum absolute atomic E-state index is 0.162. The first-order chi connectivity index (χ1) is 23.0. The number of nitrogens with two attached hydrogens (primary N) is 1. The molecule has 0 unspecified atom stereocenters. The van der Waals surface area contributed by atoms with Gasteiger partial charge in [-0.05, 0) is 75.5 Å². The van der Waals surface area contributed by atoms with Crippen molar-refractivity contribution in [1.29, 1.82) is 0 Å². The average molecular weight is 698 g/mol. The summed E-state index contributed by atoms with van der Waals surface area (Å²) in [6.45, 7) is 1.55. The zero-order chi connectivity index (χ0) is 35.7. The Labute approximate surface area is 280 Å². The number of fused-ring (bicyclic) bond motifs is 1. The van der Waals surface area contributed by atoms with Crippen LogP contribution in [0.2, 0.25) is 0 Å². The quantitative estimate of drug-likeness (QED) is 0.290. The summed E-state index contributed by atoms with van der Waals surface area (Å²) >= 11 is 0. The molecule has 2 fully saturated rings. The van der Waals surface area contributed by atoms with E-state index in [1.54, 1.807) is 4.90 Å². The van der Waals surface area contributed by atoms with Crippen LogP contribution in [0.1, 0.15) is 47.9 Å². The SMILES string of the molecule is CN(C)C1CCN(C(=O)[C@@H](Cc2cc(C(F)(F)F)c(N)c(C(F)(F)F)c2)NC(=O)N2CCC(N3CCc4ccccc4NC3=O)CC2)CC1. The van der Waals surface area contributed by atoms with Crippen molar-refractivity contribution in [3.8, 4) is 0 Å². The van der Waals surface area contributed by atoms with E-state index in [9.17, 15) is 40.7 Å². The Bertz CT molecular complexity index is 1500. The number of nitrogens with one attached hydrogen (secondary N) is 2. The zero-order valence-electron chi connectivity index (χ0n) is 27.3. The molecule has 0 aromatic heterocycles. The highest BCUT2D eigenvalue weighted by atomic mass is 19.4. The van der Waals surface area contributed by atoms with Gasteiger partial charge in [-0.15, -0.1) is 0 Å². The second-order valence-electron chi connectivity index (χ2n) is 13.1. The molecule has 49 heavy (non-hydrogen) atoms. The number of amides is 5. The molecule has 4 N–H and O–H groups in total. The van der Waals surface area contributed by atoms with E-state index < -0.39 is 59.1 Å². The summed E-state index contributed by atoms with van der Waals surface area (Å²) in [7, 11) is 3.81. The molecule has 0 spiro atoms. The number of halogens is 6. The molecule has 3 aliphatic rings. The standard InChI is InChI=1S/C33H41F6N7O3/c1-43(2)22-8-12-44(13-9-22)29(47)27(19-20-17-24(32(34,35)36)28(40)25(18-20)33(37,38)39)42-30(48)45-14-10-23(11-15-45)46-16-7-21-5-3-4-6-26(21)41-31(46)49/h3-6,17-18,22-23,27H,7-16,19,40H2,1-2H3,(H,41,49)(H,42,48)/t27-/m1/s1. The number of hydrogen-bond acceptors (Lipinski definition) is 5. The maximum atomic E-state index is 13.8. The van der Waals surface area contributed by atoms with Crippen LogP contribution in [-0.4, -0.2) is 103 Å². The Morgan fingerprint density at radius 1 is 0.918 bits per heavy atom. The monoisotopic (exact) mass is 697 g/mol. The van der Waals surface area contributed by atoms with Crippen LogP contribution in [0.15, 0.2) is 36.4 Å². The van der Waals surface area contributed by atoms with Crippen molar-refractivity contribution in [2.75, 3.05) is 57.9 Å². The molecule has 2 aromatic rings. The number of nitrogens with zero attached hydrogens (tertiary/aromatic N) is 4. The first-order valence-corrected chi connectivity index (χ1v) is 16.3. The molecule has 10 nitrogen and oxygen atoms in total. The van der Waals surface area contributed by atoms with Crippen LogP contribution in [0, 0.1) is 0 Å². The molecule has 16 heteroatoms. The van der Waals surface area contributed by atoms with Gasteiger partial charge in [0.1, 0.15) is 6.04 Å². The van der Waals surface area contributed by atoms with E-state index in [-0.39, 0.29) is 31.2 Å². The third kappa shape index (κ3) is 8.33. The summed E-state index contributed by atoms with van der Waals surface area (Å²) in [6, 6.07) is 6.22. The summed E-state index contributed by atoms with van der Waals surface area (Å²) < 4.78 is 82.7. The second-order valence-corrected chi connectivity index (χ2v) is 13.1. The molecule has 5 amide bonds. The number of carbonyl (C=O) groups excluding carboxylic acids is 3. The highest BCUT2D eigenvalue weighted by Gasteiger charge is 2.42. The topological polar surface area (TPSA) is 114 Å². The summed E-state index contributed by atoms with van der Waals surface area (Å²) in [5, 5.41) is 5.56. The third-order valence-corrected chi connectivity index (χ3v) is 9.73. The van der Waals surface area contributed by atoms with Gasteiger partial charge in [0.05, 0.1) is 16.8 Å². The molecule has 3 heterocycles. The van der Waals surface area contributed by atoms with E-state index in [4.69, 9.17) is 5.73 Å². The van der Waals surface area contributed by atoms with Crippen LogP contribution in [0.3, 0.4) is 0 Å². The number of likely N-dealkylation sites (tertiary alicyclic amines) is 2. The van der Waals surface area contributed by atoms with E-state index >= 15 is 0 Å². The zero-order valence-corrected chi connectivity index (χ0v) is 27.3. The van der Waals surface area contributed by atoms with Crippen molar-refractivity contribution < 1.29 is 40.7 Å². The van der Waals surface area contributed by atoms with Gasteiger partial charge in [0.15, 0.2) is 0 Å². The molecule has 3 aliphatic heterocycles. The molecule has 0 radical (unpaired) electrons. The molecule has 2 aromatic carbocycles. The van der Waals surface area contributed by atoms with Crippen LogP contribution < -0.4 is 16.4 Å². The molecule has 0 bridgehead atoms. The Kier molecular flexibility index (Phi) is 10.6. The molecule has 0 saturated carbocycles. The number of hydrogen-bond donors (Lipinski definition) is 3. The predicted octanol–water partition coefficient (Wildman–Crippen LogP) is 5.03. The van der Waals surface area contributed by atoms with Gasteiger partial charge >= 0.3 is 24.4 Å². The van der Waals surface area contributed by atoms with Gasteiger partial charge in [-0.1, -0.05) is 18.2 Å². The fourth-order valence-corrected chi connectivity index (χ4v) is 6.92. The molecule has 5 rings (SSSR count). The highest BCUT2D eigenvalue weighted by molar-refractivity contribution is 5.91. The van der Waals surface area contributed by atoms with E-state index in [1.165, 1.54) is 9.80 Å². The maximum absolute atomic E-state index is 13.8. The molecular formula is C33H41F6N7O3. The van der Waals surface area contributed by atoms with Gasteiger partial charge < -0.3 is 36.0 Å². The highest BCUT2D eigenvalue weighted by Crippen LogP contribution is 2.42. The smallest absolute Gasteiger partial charge is 0.398 e. The lowest BCUT2D eigenvalue weighted by atomic mass is 9.96. The van der Waals surface area contributed by atoms with Gasteiger partial charge in [0.25, 0.3) is 0 Å². The van der Waals surface area contributed by atoms with Crippen molar-refractivity contribution in [3.63, 3.8) is 0 Å². The fraction of sp³-hybridized carbons (Fsp3) is 0.545. The summed E-state index contributed by atoms with van der Waals surface area (Å²) in [6.07, 6.45) is -8.23. The third-order valence-electron chi connectivity index (χ3n) is 9.73. The Morgan fingerprint density at radius 2 is 1.49 bits per heavy atom. The van der Waals surface area contributed by atoms with Crippen molar-refractivity contribution in [3.05, 3.63) is 58.7 Å². The molecule has 268 valence electrons. The van der Waals surface area contributed by atoms with Crippen molar-refractivity contribution >= 4 is 29.3 Å². The minimum atomic E-state index is -5.19. The fourth-order valence-electron chi connectivity index (χ4n) is 6.92. The van der Waals surface area contributed by atoms with E-state index in [1.807, 2.05) is 43.3 Å². The lowest BCUT2D eigenvalue weighted by Crippen LogP contribution is -2.57. The van der Waals surface area contributed by atoms with E-state index in [0.717, 1.165) is 11.3 Å². The Hall–Kier alpha value is -4.21. The molecular weight excluding hydrogens is 656 g/mol. The lowest BCUT2D eigenvalue weighted by molar-refractivity contribution is -0.141. The molecule has 0 aliphatic carbocycles.